The average Bonchev–Trinajstić information content (AvgIpc) is 2.78. The van der Waals surface area contributed by atoms with E-state index in [2.05, 4.69) is 15.5 Å². The third-order valence-corrected chi connectivity index (χ3v) is 5.36. The lowest BCUT2D eigenvalue weighted by Crippen LogP contribution is -2.17. The number of methoxy groups -OCH3 is 3. The number of benzene rings is 2. The van der Waals surface area contributed by atoms with Crippen LogP contribution in [0.25, 0.3) is 10.8 Å². The van der Waals surface area contributed by atoms with Gasteiger partial charge < -0.3 is 19.5 Å². The maximum atomic E-state index is 12.6. The summed E-state index contributed by atoms with van der Waals surface area (Å²) >= 11 is 1.27. The molecule has 0 saturated heterocycles. The van der Waals surface area contributed by atoms with Gasteiger partial charge in [0, 0.05) is 22.9 Å². The fraction of sp³-hybridized carbons (Fsp3) is 0.238. The van der Waals surface area contributed by atoms with Crippen molar-refractivity contribution in [1.82, 2.24) is 10.2 Å². The second-order valence-corrected chi connectivity index (χ2v) is 7.18. The Morgan fingerprint density at radius 2 is 1.67 bits per heavy atom. The zero-order valence-corrected chi connectivity index (χ0v) is 17.8. The molecule has 0 radical (unpaired) electrons. The minimum Gasteiger partial charge on any atom is -0.493 e. The summed E-state index contributed by atoms with van der Waals surface area (Å²) in [6, 6.07) is 10.8. The number of rotatable bonds is 7. The summed E-state index contributed by atoms with van der Waals surface area (Å²) in [7, 11) is 4.20. The number of thioether (sulfide) groups is 1. The van der Waals surface area contributed by atoms with Crippen molar-refractivity contribution in [3.8, 4) is 11.5 Å². The van der Waals surface area contributed by atoms with Gasteiger partial charge in [-0.2, -0.15) is 5.10 Å². The van der Waals surface area contributed by atoms with Crippen LogP contribution in [0.15, 0.2) is 41.4 Å². The molecule has 0 aliphatic heterocycles. The molecule has 0 spiro atoms. The molecule has 3 aromatic rings. The summed E-state index contributed by atoms with van der Waals surface area (Å²) in [5, 5.41) is 13.7. The number of nitrogens with zero attached hydrogens (tertiary/aromatic N) is 2. The Morgan fingerprint density at radius 3 is 2.33 bits per heavy atom. The molecule has 8 nitrogen and oxygen atoms in total. The number of carbonyl (C=O) groups is 2. The number of anilines is 1. The minimum absolute atomic E-state index is 0.0801. The smallest absolute Gasteiger partial charge is 0.340 e. The lowest BCUT2D eigenvalue weighted by Gasteiger charge is -2.14. The van der Waals surface area contributed by atoms with Crippen LogP contribution in [0.3, 0.4) is 0 Å². The van der Waals surface area contributed by atoms with E-state index in [0.717, 1.165) is 16.5 Å². The molecular formula is C21H21N3O5S. The number of aryl methyl sites for hydroxylation is 1. The molecule has 1 aromatic heterocycles. The number of amides is 1. The number of ether oxygens (including phenoxy) is 3. The van der Waals surface area contributed by atoms with Gasteiger partial charge in [-0.25, -0.2) is 4.79 Å². The Morgan fingerprint density at radius 1 is 1.00 bits per heavy atom. The first-order valence-corrected chi connectivity index (χ1v) is 9.96. The topological polar surface area (TPSA) is 99.6 Å². The molecule has 0 fully saturated rings. The van der Waals surface area contributed by atoms with Gasteiger partial charge in [-0.05, 0) is 6.92 Å². The maximum absolute atomic E-state index is 12.6. The predicted molar refractivity (Wildman–Crippen MR) is 115 cm³/mol. The SMILES string of the molecule is COC(=O)c1cc(OC)c(OC)cc1NC(=O)CSc1nnc(C)c2ccccc12. The Balaban J connectivity index is 1.81. The third-order valence-electron chi connectivity index (χ3n) is 4.38. The van der Waals surface area contributed by atoms with Crippen LogP contribution in [-0.2, 0) is 9.53 Å². The van der Waals surface area contributed by atoms with Crippen LogP contribution in [0.2, 0.25) is 0 Å². The fourth-order valence-corrected chi connectivity index (χ4v) is 3.67. The molecule has 0 aliphatic rings. The zero-order chi connectivity index (χ0) is 21.7. The van der Waals surface area contributed by atoms with E-state index in [1.165, 1.54) is 45.2 Å². The summed E-state index contributed by atoms with van der Waals surface area (Å²) < 4.78 is 15.3. The monoisotopic (exact) mass is 427 g/mol. The van der Waals surface area contributed by atoms with Crippen molar-refractivity contribution in [2.45, 2.75) is 11.9 Å². The van der Waals surface area contributed by atoms with Gasteiger partial charge in [0.15, 0.2) is 11.5 Å². The summed E-state index contributed by atoms with van der Waals surface area (Å²) in [5.41, 5.74) is 1.26. The van der Waals surface area contributed by atoms with Crippen molar-refractivity contribution in [2.75, 3.05) is 32.4 Å². The lowest BCUT2D eigenvalue weighted by molar-refractivity contribution is -0.113. The standard InChI is InChI=1S/C21H21N3O5S/c1-12-13-7-5-6-8-14(13)20(24-23-12)30-11-19(25)22-16-10-18(28-3)17(27-2)9-15(16)21(26)29-4/h5-10H,11H2,1-4H3,(H,22,25). The first-order chi connectivity index (χ1) is 14.5. The molecule has 2 aromatic carbocycles. The predicted octanol–water partition coefficient (Wildman–Crippen LogP) is 3.47. The highest BCUT2D eigenvalue weighted by atomic mass is 32.2. The van der Waals surface area contributed by atoms with Gasteiger partial charge in [0.05, 0.1) is 44.0 Å². The van der Waals surface area contributed by atoms with Crippen LogP contribution in [0.4, 0.5) is 5.69 Å². The van der Waals surface area contributed by atoms with Gasteiger partial charge in [0.2, 0.25) is 5.91 Å². The van der Waals surface area contributed by atoms with Gasteiger partial charge in [-0.3, -0.25) is 4.79 Å². The Labute approximate surface area is 177 Å². The molecule has 0 aliphatic carbocycles. The van der Waals surface area contributed by atoms with E-state index in [0.29, 0.717) is 16.5 Å². The van der Waals surface area contributed by atoms with Crippen molar-refractivity contribution in [2.24, 2.45) is 0 Å². The van der Waals surface area contributed by atoms with Crippen LogP contribution in [0, 0.1) is 6.92 Å². The fourth-order valence-electron chi connectivity index (χ4n) is 2.90. The van der Waals surface area contributed by atoms with Gasteiger partial charge in [-0.15, -0.1) is 5.10 Å². The maximum Gasteiger partial charge on any atom is 0.340 e. The third kappa shape index (κ3) is 4.46. The summed E-state index contributed by atoms with van der Waals surface area (Å²) in [6.07, 6.45) is 0. The number of aromatic nitrogens is 2. The molecule has 0 unspecified atom stereocenters. The molecule has 1 amide bonds. The van der Waals surface area contributed by atoms with Crippen molar-refractivity contribution < 1.29 is 23.8 Å². The molecular weight excluding hydrogens is 406 g/mol. The second kappa shape index (κ2) is 9.45. The summed E-state index contributed by atoms with van der Waals surface area (Å²) in [4.78, 5) is 24.7. The van der Waals surface area contributed by atoms with E-state index in [4.69, 9.17) is 14.2 Å². The highest BCUT2D eigenvalue weighted by molar-refractivity contribution is 8.00. The normalized spacial score (nSPS) is 10.5. The van der Waals surface area contributed by atoms with E-state index in [1.807, 2.05) is 31.2 Å². The van der Waals surface area contributed by atoms with E-state index in [1.54, 1.807) is 0 Å². The largest absolute Gasteiger partial charge is 0.493 e. The first-order valence-electron chi connectivity index (χ1n) is 8.97. The molecule has 30 heavy (non-hydrogen) atoms. The second-order valence-electron chi connectivity index (χ2n) is 6.22. The average molecular weight is 427 g/mol. The van der Waals surface area contributed by atoms with Crippen LogP contribution < -0.4 is 14.8 Å². The van der Waals surface area contributed by atoms with Crippen LogP contribution in [0.5, 0.6) is 11.5 Å². The van der Waals surface area contributed by atoms with Gasteiger partial charge in [-0.1, -0.05) is 36.0 Å². The number of nitrogens with one attached hydrogen (secondary N) is 1. The summed E-state index contributed by atoms with van der Waals surface area (Å²) in [5.74, 6) is -0.107. The number of esters is 1. The first kappa shape index (κ1) is 21.4. The van der Waals surface area contributed by atoms with E-state index in [9.17, 15) is 9.59 Å². The number of hydrogen-bond acceptors (Lipinski definition) is 8. The molecule has 0 bridgehead atoms. The minimum atomic E-state index is -0.602. The Bertz CT molecular complexity index is 1100. The summed E-state index contributed by atoms with van der Waals surface area (Å²) in [6.45, 7) is 1.89. The Kier molecular flexibility index (Phi) is 6.73. The molecule has 1 N–H and O–H groups in total. The van der Waals surface area contributed by atoms with Gasteiger partial charge >= 0.3 is 5.97 Å². The molecule has 3 rings (SSSR count). The number of fused-ring (bicyclic) bond motifs is 1. The highest BCUT2D eigenvalue weighted by Gasteiger charge is 2.19. The van der Waals surface area contributed by atoms with Crippen LogP contribution >= 0.6 is 11.8 Å². The molecule has 9 heteroatoms. The van der Waals surface area contributed by atoms with E-state index < -0.39 is 5.97 Å². The van der Waals surface area contributed by atoms with Gasteiger partial charge in [0.1, 0.15) is 5.03 Å². The van der Waals surface area contributed by atoms with Crippen molar-refractivity contribution >= 4 is 40.1 Å². The zero-order valence-electron chi connectivity index (χ0n) is 17.0. The van der Waals surface area contributed by atoms with E-state index >= 15 is 0 Å². The molecule has 0 saturated carbocycles. The van der Waals surface area contributed by atoms with Crippen LogP contribution in [-0.4, -0.2) is 49.2 Å². The number of hydrogen-bond donors (Lipinski definition) is 1. The van der Waals surface area contributed by atoms with E-state index in [-0.39, 0.29) is 22.9 Å². The van der Waals surface area contributed by atoms with Crippen LogP contribution in [0.1, 0.15) is 16.1 Å². The molecule has 156 valence electrons. The lowest BCUT2D eigenvalue weighted by atomic mass is 10.1. The molecule has 0 atom stereocenters. The van der Waals surface area contributed by atoms with Crippen molar-refractivity contribution in [3.63, 3.8) is 0 Å². The quantitative estimate of drug-likeness (QED) is 0.452. The van der Waals surface area contributed by atoms with Gasteiger partial charge in [0.25, 0.3) is 0 Å². The Hall–Kier alpha value is -3.33. The van der Waals surface area contributed by atoms with Crippen molar-refractivity contribution in [1.29, 1.82) is 0 Å². The highest BCUT2D eigenvalue weighted by Crippen LogP contribution is 2.34. The number of carbonyl (C=O) groups excluding carboxylic acids is 2. The van der Waals surface area contributed by atoms with Crippen molar-refractivity contribution in [3.05, 3.63) is 47.7 Å². The molecule has 1 heterocycles.